The summed E-state index contributed by atoms with van der Waals surface area (Å²) in [5.41, 5.74) is 4.97. The van der Waals surface area contributed by atoms with Gasteiger partial charge in [0.2, 0.25) is 0 Å². The summed E-state index contributed by atoms with van der Waals surface area (Å²) >= 11 is 1.74. The summed E-state index contributed by atoms with van der Waals surface area (Å²) in [6.45, 7) is 7.23. The van der Waals surface area contributed by atoms with Gasteiger partial charge in [0, 0.05) is 17.9 Å². The van der Waals surface area contributed by atoms with Crippen molar-refractivity contribution in [2.75, 3.05) is 0 Å². The first-order valence-corrected chi connectivity index (χ1v) is 8.84. The van der Waals surface area contributed by atoms with Gasteiger partial charge in [-0.3, -0.25) is 0 Å². The van der Waals surface area contributed by atoms with Gasteiger partial charge in [-0.15, -0.1) is 10.2 Å². The molecule has 0 aliphatic heterocycles. The lowest BCUT2D eigenvalue weighted by atomic mass is 10.1. The number of hydrogen-bond donors (Lipinski definition) is 0. The molecule has 1 aromatic heterocycles. The predicted octanol–water partition coefficient (Wildman–Crippen LogP) is 4.87. The van der Waals surface area contributed by atoms with Crippen molar-refractivity contribution in [3.63, 3.8) is 0 Å². The van der Waals surface area contributed by atoms with Crippen molar-refractivity contribution in [3.8, 4) is 11.4 Å². The van der Waals surface area contributed by atoms with E-state index in [4.69, 9.17) is 0 Å². The molecular weight excluding hydrogens is 302 g/mol. The number of thioether (sulfide) groups is 1. The Labute approximate surface area is 141 Å². The van der Waals surface area contributed by atoms with E-state index in [9.17, 15) is 0 Å². The average Bonchev–Trinajstić information content (AvgIpc) is 2.96. The van der Waals surface area contributed by atoms with Gasteiger partial charge in [0.15, 0.2) is 11.0 Å². The van der Waals surface area contributed by atoms with Crippen molar-refractivity contribution in [1.82, 2.24) is 14.8 Å². The smallest absolute Gasteiger partial charge is 0.191 e. The van der Waals surface area contributed by atoms with E-state index < -0.39 is 0 Å². The fourth-order valence-corrected chi connectivity index (χ4v) is 3.57. The normalized spacial score (nSPS) is 10.9. The molecule has 0 N–H and O–H groups in total. The first-order chi connectivity index (χ1) is 11.2. The van der Waals surface area contributed by atoms with E-state index >= 15 is 0 Å². The Hall–Kier alpha value is -2.07. The van der Waals surface area contributed by atoms with E-state index in [-0.39, 0.29) is 0 Å². The van der Waals surface area contributed by atoms with Gasteiger partial charge < -0.3 is 4.57 Å². The van der Waals surface area contributed by atoms with E-state index in [1.165, 1.54) is 16.7 Å². The first-order valence-electron chi connectivity index (χ1n) is 7.86. The lowest BCUT2D eigenvalue weighted by Crippen LogP contribution is -2.00. The predicted molar refractivity (Wildman–Crippen MR) is 96.6 cm³/mol. The number of aryl methyl sites for hydroxylation is 2. The van der Waals surface area contributed by atoms with Crippen LogP contribution in [-0.4, -0.2) is 14.8 Å². The minimum atomic E-state index is 0.867. The highest BCUT2D eigenvalue weighted by Crippen LogP contribution is 2.26. The summed E-state index contributed by atoms with van der Waals surface area (Å²) in [4.78, 5) is 0. The Morgan fingerprint density at radius 2 is 1.70 bits per heavy atom. The standard InChI is InChI=1S/C19H21N3S/c1-4-22-18(17-10-6-8-15(3)12-17)20-21-19(22)23-13-16-9-5-7-14(2)11-16/h5-12H,4,13H2,1-3H3. The molecule has 0 amide bonds. The second-order valence-corrected chi connectivity index (χ2v) is 6.64. The molecule has 2 aromatic carbocycles. The minimum Gasteiger partial charge on any atom is -0.302 e. The average molecular weight is 323 g/mol. The number of rotatable bonds is 5. The fraction of sp³-hybridized carbons (Fsp3) is 0.263. The Bertz CT molecular complexity index is 808. The van der Waals surface area contributed by atoms with E-state index in [1.54, 1.807) is 11.8 Å². The molecule has 118 valence electrons. The van der Waals surface area contributed by atoms with Crippen molar-refractivity contribution in [2.45, 2.75) is 38.2 Å². The lowest BCUT2D eigenvalue weighted by Gasteiger charge is -2.08. The number of hydrogen-bond acceptors (Lipinski definition) is 3. The van der Waals surface area contributed by atoms with Crippen molar-refractivity contribution in [2.24, 2.45) is 0 Å². The molecule has 0 saturated heterocycles. The van der Waals surface area contributed by atoms with Crippen LogP contribution in [-0.2, 0) is 12.3 Å². The summed E-state index contributed by atoms with van der Waals surface area (Å²) in [7, 11) is 0. The van der Waals surface area contributed by atoms with E-state index in [0.29, 0.717) is 0 Å². The Kier molecular flexibility index (Phi) is 4.82. The van der Waals surface area contributed by atoms with Gasteiger partial charge in [-0.1, -0.05) is 65.4 Å². The van der Waals surface area contributed by atoms with Crippen molar-refractivity contribution in [1.29, 1.82) is 0 Å². The maximum atomic E-state index is 4.42. The highest BCUT2D eigenvalue weighted by molar-refractivity contribution is 7.98. The van der Waals surface area contributed by atoms with Gasteiger partial charge in [-0.25, -0.2) is 0 Å². The Morgan fingerprint density at radius 1 is 0.957 bits per heavy atom. The molecular formula is C19H21N3S. The minimum absolute atomic E-state index is 0.867. The van der Waals surface area contributed by atoms with E-state index in [1.807, 2.05) is 0 Å². The Morgan fingerprint density at radius 3 is 2.39 bits per heavy atom. The molecule has 0 unspecified atom stereocenters. The zero-order valence-electron chi connectivity index (χ0n) is 13.8. The number of benzene rings is 2. The second-order valence-electron chi connectivity index (χ2n) is 5.70. The molecule has 23 heavy (non-hydrogen) atoms. The molecule has 3 rings (SSSR count). The van der Waals surface area contributed by atoms with Crippen LogP contribution in [0.5, 0.6) is 0 Å². The molecule has 0 aliphatic rings. The van der Waals surface area contributed by atoms with Crippen LogP contribution in [0.15, 0.2) is 53.7 Å². The molecule has 0 spiro atoms. The molecule has 0 fully saturated rings. The van der Waals surface area contributed by atoms with Gasteiger partial charge >= 0.3 is 0 Å². The molecule has 0 atom stereocenters. The molecule has 3 aromatic rings. The van der Waals surface area contributed by atoms with Gasteiger partial charge in [-0.05, 0) is 32.4 Å². The van der Waals surface area contributed by atoms with Crippen molar-refractivity contribution in [3.05, 3.63) is 65.2 Å². The summed E-state index contributed by atoms with van der Waals surface area (Å²) in [6, 6.07) is 17.0. The molecule has 3 nitrogen and oxygen atoms in total. The summed E-state index contributed by atoms with van der Waals surface area (Å²) in [5, 5.41) is 9.80. The van der Waals surface area contributed by atoms with E-state index in [2.05, 4.69) is 84.1 Å². The van der Waals surface area contributed by atoms with Crippen LogP contribution in [0.2, 0.25) is 0 Å². The fourth-order valence-electron chi connectivity index (χ4n) is 2.63. The summed E-state index contributed by atoms with van der Waals surface area (Å²) in [6.07, 6.45) is 0. The molecule has 0 aliphatic carbocycles. The molecule has 0 radical (unpaired) electrons. The number of aromatic nitrogens is 3. The van der Waals surface area contributed by atoms with Crippen LogP contribution >= 0.6 is 11.8 Å². The highest BCUT2D eigenvalue weighted by atomic mass is 32.2. The van der Waals surface area contributed by atoms with Crippen LogP contribution in [0.25, 0.3) is 11.4 Å². The molecule has 4 heteroatoms. The first kappa shape index (κ1) is 15.8. The third-order valence-electron chi connectivity index (χ3n) is 3.76. The maximum Gasteiger partial charge on any atom is 0.191 e. The van der Waals surface area contributed by atoms with Crippen LogP contribution in [0.1, 0.15) is 23.6 Å². The zero-order valence-corrected chi connectivity index (χ0v) is 14.6. The number of nitrogens with zero attached hydrogens (tertiary/aromatic N) is 3. The molecule has 0 bridgehead atoms. The van der Waals surface area contributed by atoms with Gasteiger partial charge in [-0.2, -0.15) is 0 Å². The quantitative estimate of drug-likeness (QED) is 0.627. The van der Waals surface area contributed by atoms with Crippen molar-refractivity contribution >= 4 is 11.8 Å². The summed E-state index contributed by atoms with van der Waals surface area (Å²) < 4.78 is 2.19. The van der Waals surface area contributed by atoms with Crippen LogP contribution in [0, 0.1) is 13.8 Å². The largest absolute Gasteiger partial charge is 0.302 e. The van der Waals surface area contributed by atoms with Crippen LogP contribution in [0.4, 0.5) is 0 Å². The van der Waals surface area contributed by atoms with Crippen LogP contribution < -0.4 is 0 Å². The van der Waals surface area contributed by atoms with Gasteiger partial charge in [0.25, 0.3) is 0 Å². The lowest BCUT2D eigenvalue weighted by molar-refractivity contribution is 0.687. The van der Waals surface area contributed by atoms with E-state index in [0.717, 1.165) is 28.8 Å². The SMILES string of the molecule is CCn1c(SCc2cccc(C)c2)nnc1-c1cccc(C)c1. The zero-order chi connectivity index (χ0) is 16.2. The topological polar surface area (TPSA) is 30.7 Å². The summed E-state index contributed by atoms with van der Waals surface area (Å²) in [5.74, 6) is 1.86. The maximum absolute atomic E-state index is 4.42. The van der Waals surface area contributed by atoms with Gasteiger partial charge in [0.1, 0.15) is 0 Å². The third-order valence-corrected chi connectivity index (χ3v) is 4.80. The molecule has 0 saturated carbocycles. The third kappa shape index (κ3) is 3.64. The van der Waals surface area contributed by atoms with Crippen molar-refractivity contribution < 1.29 is 0 Å². The Balaban J connectivity index is 1.84. The monoisotopic (exact) mass is 323 g/mol. The van der Waals surface area contributed by atoms with Gasteiger partial charge in [0.05, 0.1) is 0 Å². The van der Waals surface area contributed by atoms with Crippen LogP contribution in [0.3, 0.4) is 0 Å². The second kappa shape index (κ2) is 7.01. The molecule has 1 heterocycles. The highest BCUT2D eigenvalue weighted by Gasteiger charge is 2.13.